The minimum absolute atomic E-state index is 0.0865. The van der Waals surface area contributed by atoms with Gasteiger partial charge in [0, 0.05) is 29.5 Å². The number of nitro groups is 1. The van der Waals surface area contributed by atoms with E-state index in [1.165, 1.54) is 23.9 Å². The smallest absolute Gasteiger partial charge is 0.269 e. The molecule has 0 aromatic heterocycles. The molecule has 0 atom stereocenters. The molecule has 0 radical (unpaired) electrons. The van der Waals surface area contributed by atoms with Crippen LogP contribution in [-0.4, -0.2) is 9.24 Å². The first-order valence-electron chi connectivity index (χ1n) is 6.43. The molecule has 4 nitrogen and oxygen atoms in total. The van der Waals surface area contributed by atoms with Crippen LogP contribution in [0.4, 0.5) is 5.69 Å². The van der Waals surface area contributed by atoms with Crippen LogP contribution in [0.15, 0.2) is 48.5 Å². The molecule has 22 heavy (non-hydrogen) atoms. The highest BCUT2D eigenvalue weighted by atomic mass is 35.5. The molecule has 2 aromatic rings. The summed E-state index contributed by atoms with van der Waals surface area (Å²) < 4.78 is 0.688. The second-order valence-electron chi connectivity index (χ2n) is 4.48. The van der Waals surface area contributed by atoms with Gasteiger partial charge in [0.25, 0.3) is 5.69 Å². The van der Waals surface area contributed by atoms with Gasteiger partial charge in [-0.3, -0.25) is 10.1 Å². The molecule has 0 amide bonds. The maximum absolute atomic E-state index is 10.6. The molecule has 1 N–H and O–H groups in total. The lowest BCUT2D eigenvalue weighted by Gasteiger charge is -2.07. The lowest BCUT2D eigenvalue weighted by atomic mass is 10.2. The lowest BCUT2D eigenvalue weighted by molar-refractivity contribution is -0.384. The molecule has 114 valence electrons. The monoisotopic (exact) mass is 352 g/mol. The second-order valence-corrected chi connectivity index (χ2v) is 6.57. The van der Waals surface area contributed by atoms with Gasteiger partial charge in [0.1, 0.15) is 4.32 Å². The molecule has 7 heteroatoms. The quantitative estimate of drug-likeness (QED) is 0.485. The first-order valence-corrected chi connectivity index (χ1v) is 8.20. The van der Waals surface area contributed by atoms with Crippen molar-refractivity contribution >= 4 is 45.6 Å². The minimum atomic E-state index is -0.413. The van der Waals surface area contributed by atoms with Gasteiger partial charge in [-0.15, -0.1) is 0 Å². The number of thioether (sulfide) groups is 1. The first kappa shape index (κ1) is 16.7. The van der Waals surface area contributed by atoms with E-state index in [2.05, 4.69) is 5.32 Å². The molecule has 0 aliphatic rings. The van der Waals surface area contributed by atoms with Crippen molar-refractivity contribution in [3.05, 3.63) is 74.8 Å². The molecule has 0 aliphatic heterocycles. The van der Waals surface area contributed by atoms with E-state index in [-0.39, 0.29) is 5.69 Å². The van der Waals surface area contributed by atoms with Gasteiger partial charge in [-0.2, -0.15) is 0 Å². The van der Waals surface area contributed by atoms with Gasteiger partial charge >= 0.3 is 0 Å². The maximum Gasteiger partial charge on any atom is 0.269 e. The minimum Gasteiger partial charge on any atom is -0.367 e. The SMILES string of the molecule is O=[N+]([O-])c1ccc(CNC(=S)SCc2ccc(Cl)cc2)cc1. The number of nitrogens with one attached hydrogen (secondary N) is 1. The van der Waals surface area contributed by atoms with Crippen LogP contribution >= 0.6 is 35.6 Å². The number of nitro benzene ring substituents is 1. The number of thiocarbonyl (C=S) groups is 1. The molecule has 0 saturated heterocycles. The molecule has 2 aromatic carbocycles. The summed E-state index contributed by atoms with van der Waals surface area (Å²) in [6.45, 7) is 0.546. The zero-order chi connectivity index (χ0) is 15.9. The summed E-state index contributed by atoms with van der Waals surface area (Å²) in [5, 5.41) is 14.4. The summed E-state index contributed by atoms with van der Waals surface area (Å²) in [4.78, 5) is 10.2. The van der Waals surface area contributed by atoms with E-state index >= 15 is 0 Å². The van der Waals surface area contributed by atoms with E-state index in [1.54, 1.807) is 12.1 Å². The summed E-state index contributed by atoms with van der Waals surface area (Å²) in [6, 6.07) is 14.1. The maximum atomic E-state index is 10.6. The summed E-state index contributed by atoms with van der Waals surface area (Å²) in [5.41, 5.74) is 2.18. The van der Waals surface area contributed by atoms with Crippen LogP contribution in [0.3, 0.4) is 0 Å². The van der Waals surface area contributed by atoms with Crippen molar-refractivity contribution in [2.75, 3.05) is 0 Å². The predicted octanol–water partition coefficient (Wildman–Crippen LogP) is 4.56. The third-order valence-electron chi connectivity index (χ3n) is 2.87. The van der Waals surface area contributed by atoms with Crippen LogP contribution in [0.2, 0.25) is 5.02 Å². The van der Waals surface area contributed by atoms with Gasteiger partial charge in [-0.25, -0.2) is 0 Å². The average molecular weight is 353 g/mol. The van der Waals surface area contributed by atoms with Crippen molar-refractivity contribution < 1.29 is 4.92 Å². The fourth-order valence-corrected chi connectivity index (χ4v) is 2.73. The fraction of sp³-hybridized carbons (Fsp3) is 0.133. The van der Waals surface area contributed by atoms with Gasteiger partial charge in [0.2, 0.25) is 0 Å². The molecular weight excluding hydrogens is 340 g/mol. The molecule has 0 spiro atoms. The Bertz CT molecular complexity index is 660. The van der Waals surface area contributed by atoms with E-state index in [9.17, 15) is 10.1 Å². The molecule has 2 rings (SSSR count). The van der Waals surface area contributed by atoms with Gasteiger partial charge in [0.05, 0.1) is 4.92 Å². The van der Waals surface area contributed by atoms with E-state index in [0.717, 1.165) is 16.9 Å². The van der Waals surface area contributed by atoms with Crippen LogP contribution in [0, 0.1) is 10.1 Å². The summed E-state index contributed by atoms with van der Waals surface area (Å²) >= 11 is 12.6. The van der Waals surface area contributed by atoms with Crippen molar-refractivity contribution in [2.24, 2.45) is 0 Å². The number of non-ortho nitro benzene ring substituents is 1. The Labute approximate surface area is 143 Å². The Hall–Kier alpha value is -1.63. The van der Waals surface area contributed by atoms with Gasteiger partial charge in [-0.05, 0) is 23.3 Å². The Balaban J connectivity index is 1.77. The Morgan fingerprint density at radius 3 is 2.32 bits per heavy atom. The highest BCUT2D eigenvalue weighted by Gasteiger charge is 2.04. The van der Waals surface area contributed by atoms with Crippen LogP contribution in [-0.2, 0) is 12.3 Å². The highest BCUT2D eigenvalue weighted by Crippen LogP contribution is 2.17. The van der Waals surface area contributed by atoms with E-state index in [4.69, 9.17) is 23.8 Å². The highest BCUT2D eigenvalue weighted by molar-refractivity contribution is 8.22. The second kappa shape index (κ2) is 8.12. The molecule has 0 heterocycles. The number of hydrogen-bond acceptors (Lipinski definition) is 4. The van der Waals surface area contributed by atoms with E-state index in [0.29, 0.717) is 15.9 Å². The van der Waals surface area contributed by atoms with E-state index < -0.39 is 4.92 Å². The standard InChI is InChI=1S/C15H13ClN2O2S2/c16-13-5-1-12(2-6-13)10-22-15(21)17-9-11-3-7-14(8-4-11)18(19)20/h1-8H,9-10H2,(H,17,21). The third-order valence-corrected chi connectivity index (χ3v) is 4.50. The van der Waals surface area contributed by atoms with Crippen LogP contribution in [0.25, 0.3) is 0 Å². The Morgan fingerprint density at radius 1 is 1.14 bits per heavy atom. The Morgan fingerprint density at radius 2 is 1.73 bits per heavy atom. The van der Waals surface area contributed by atoms with Crippen LogP contribution < -0.4 is 5.32 Å². The van der Waals surface area contributed by atoms with Crippen molar-refractivity contribution in [2.45, 2.75) is 12.3 Å². The molecule has 0 aliphatic carbocycles. The van der Waals surface area contributed by atoms with Crippen LogP contribution in [0.1, 0.15) is 11.1 Å². The third kappa shape index (κ3) is 5.29. The number of benzene rings is 2. The van der Waals surface area contributed by atoms with Crippen molar-refractivity contribution in [1.29, 1.82) is 0 Å². The molecule has 0 saturated carbocycles. The van der Waals surface area contributed by atoms with Crippen LogP contribution in [0.5, 0.6) is 0 Å². The summed E-state index contributed by atoms with van der Waals surface area (Å²) in [7, 11) is 0. The number of rotatable bonds is 5. The zero-order valence-corrected chi connectivity index (χ0v) is 13.9. The van der Waals surface area contributed by atoms with Gasteiger partial charge in [0.15, 0.2) is 0 Å². The summed E-state index contributed by atoms with van der Waals surface area (Å²) in [5.74, 6) is 0.767. The molecule has 0 fully saturated rings. The molecule has 0 bridgehead atoms. The normalized spacial score (nSPS) is 10.2. The fourth-order valence-electron chi connectivity index (χ4n) is 1.69. The first-order chi connectivity index (χ1) is 10.5. The number of hydrogen-bond donors (Lipinski definition) is 1. The number of halogens is 1. The Kier molecular flexibility index (Phi) is 6.18. The predicted molar refractivity (Wildman–Crippen MR) is 95.3 cm³/mol. The van der Waals surface area contributed by atoms with Crippen molar-refractivity contribution in [1.82, 2.24) is 5.32 Å². The van der Waals surface area contributed by atoms with Crippen molar-refractivity contribution in [3.63, 3.8) is 0 Å². The molecular formula is C15H13ClN2O2S2. The van der Waals surface area contributed by atoms with Crippen molar-refractivity contribution in [3.8, 4) is 0 Å². The lowest BCUT2D eigenvalue weighted by Crippen LogP contribution is -2.17. The summed E-state index contributed by atoms with van der Waals surface area (Å²) in [6.07, 6.45) is 0. The van der Waals surface area contributed by atoms with E-state index in [1.807, 2.05) is 24.3 Å². The molecule has 0 unspecified atom stereocenters. The van der Waals surface area contributed by atoms with Gasteiger partial charge in [-0.1, -0.05) is 59.8 Å². The number of nitrogens with zero attached hydrogens (tertiary/aromatic N) is 1. The average Bonchev–Trinajstić information content (AvgIpc) is 2.52. The topological polar surface area (TPSA) is 55.2 Å². The van der Waals surface area contributed by atoms with Gasteiger partial charge < -0.3 is 5.32 Å². The largest absolute Gasteiger partial charge is 0.367 e. The zero-order valence-electron chi connectivity index (χ0n) is 11.5.